The highest BCUT2D eigenvalue weighted by molar-refractivity contribution is 9.10. The summed E-state index contributed by atoms with van der Waals surface area (Å²) in [6.07, 6.45) is -0.394. The van der Waals surface area contributed by atoms with Crippen LogP contribution < -0.4 is 4.74 Å². The zero-order valence-corrected chi connectivity index (χ0v) is 10.2. The maximum atomic E-state index is 9.54. The Kier molecular flexibility index (Phi) is 3.96. The molecule has 3 heteroatoms. The maximum Gasteiger partial charge on any atom is 0.125 e. The van der Waals surface area contributed by atoms with E-state index in [9.17, 15) is 5.11 Å². The predicted octanol–water partition coefficient (Wildman–Crippen LogP) is 3.29. The molecule has 1 aromatic carbocycles. The molecule has 0 fully saturated rings. The van der Waals surface area contributed by atoms with Crippen LogP contribution in [0.15, 0.2) is 22.7 Å². The molecule has 0 spiro atoms. The van der Waals surface area contributed by atoms with Crippen molar-refractivity contribution in [1.29, 1.82) is 0 Å². The van der Waals surface area contributed by atoms with Crippen LogP contribution in [0.5, 0.6) is 5.75 Å². The largest absolute Gasteiger partial charge is 0.491 e. The Morgan fingerprint density at radius 3 is 2.43 bits per heavy atom. The zero-order valence-electron chi connectivity index (χ0n) is 8.62. The second-order valence-electron chi connectivity index (χ2n) is 3.52. The summed E-state index contributed by atoms with van der Waals surface area (Å²) in [6, 6.07) is 5.65. The van der Waals surface area contributed by atoms with Gasteiger partial charge in [-0.1, -0.05) is 15.9 Å². The van der Waals surface area contributed by atoms with Gasteiger partial charge in [0, 0.05) is 10.0 Å². The molecular weight excluding hydrogens is 244 g/mol. The van der Waals surface area contributed by atoms with E-state index in [1.165, 1.54) is 0 Å². The molecule has 0 aliphatic rings. The normalized spacial score (nSPS) is 13.0. The Labute approximate surface area is 93.0 Å². The fraction of sp³-hybridized carbons (Fsp3) is 0.455. The van der Waals surface area contributed by atoms with Gasteiger partial charge in [-0.2, -0.15) is 0 Å². The molecule has 0 aliphatic carbocycles. The Hall–Kier alpha value is -0.540. The first kappa shape index (κ1) is 11.5. The molecule has 78 valence electrons. The lowest BCUT2D eigenvalue weighted by Crippen LogP contribution is -2.08. The van der Waals surface area contributed by atoms with Crippen LogP contribution in [0.2, 0.25) is 0 Å². The van der Waals surface area contributed by atoms with Crippen molar-refractivity contribution >= 4 is 15.9 Å². The third kappa shape index (κ3) is 3.00. The SMILES string of the molecule is CC(C)Oc1ccc(Br)cc1C(C)O. The summed E-state index contributed by atoms with van der Waals surface area (Å²) < 4.78 is 6.53. The highest BCUT2D eigenvalue weighted by atomic mass is 79.9. The van der Waals surface area contributed by atoms with E-state index in [1.807, 2.05) is 32.0 Å². The topological polar surface area (TPSA) is 29.5 Å². The van der Waals surface area contributed by atoms with Gasteiger partial charge in [-0.3, -0.25) is 0 Å². The number of aliphatic hydroxyl groups excluding tert-OH is 1. The van der Waals surface area contributed by atoms with E-state index in [0.29, 0.717) is 0 Å². The highest BCUT2D eigenvalue weighted by Crippen LogP contribution is 2.29. The minimum Gasteiger partial charge on any atom is -0.491 e. The molecule has 14 heavy (non-hydrogen) atoms. The number of hydrogen-bond acceptors (Lipinski definition) is 2. The summed E-state index contributed by atoms with van der Waals surface area (Å²) in [5, 5.41) is 9.54. The van der Waals surface area contributed by atoms with Crippen molar-refractivity contribution < 1.29 is 9.84 Å². The van der Waals surface area contributed by atoms with Crippen molar-refractivity contribution in [3.8, 4) is 5.75 Å². The van der Waals surface area contributed by atoms with Crippen molar-refractivity contribution in [2.45, 2.75) is 33.0 Å². The lowest BCUT2D eigenvalue weighted by molar-refractivity contribution is 0.183. The number of halogens is 1. The average Bonchev–Trinajstić information content (AvgIpc) is 2.07. The van der Waals surface area contributed by atoms with Crippen LogP contribution in [0.25, 0.3) is 0 Å². The Morgan fingerprint density at radius 1 is 1.29 bits per heavy atom. The van der Waals surface area contributed by atoms with Crippen LogP contribution in [-0.4, -0.2) is 11.2 Å². The Bertz CT molecular complexity index is 308. The molecule has 0 radical (unpaired) electrons. The number of aliphatic hydroxyl groups is 1. The lowest BCUT2D eigenvalue weighted by atomic mass is 10.1. The summed E-state index contributed by atoms with van der Waals surface area (Å²) in [7, 11) is 0. The zero-order chi connectivity index (χ0) is 10.7. The Balaban J connectivity index is 3.02. The van der Waals surface area contributed by atoms with Gasteiger partial charge in [0.25, 0.3) is 0 Å². The molecule has 0 heterocycles. The standard InChI is InChI=1S/C11H15BrO2/c1-7(2)14-11-5-4-9(12)6-10(11)8(3)13/h4-8,13H,1-3H3. The minimum atomic E-state index is -0.513. The van der Waals surface area contributed by atoms with E-state index in [2.05, 4.69) is 15.9 Å². The minimum absolute atomic E-state index is 0.119. The quantitative estimate of drug-likeness (QED) is 0.902. The van der Waals surface area contributed by atoms with Crippen molar-refractivity contribution in [3.63, 3.8) is 0 Å². The van der Waals surface area contributed by atoms with Gasteiger partial charge in [-0.15, -0.1) is 0 Å². The fourth-order valence-electron chi connectivity index (χ4n) is 1.21. The molecule has 2 nitrogen and oxygen atoms in total. The molecule has 0 bridgehead atoms. The number of rotatable bonds is 3. The van der Waals surface area contributed by atoms with Crippen molar-refractivity contribution in [3.05, 3.63) is 28.2 Å². The second-order valence-corrected chi connectivity index (χ2v) is 4.44. The third-order valence-corrected chi connectivity index (χ3v) is 2.28. The monoisotopic (exact) mass is 258 g/mol. The second kappa shape index (κ2) is 4.80. The van der Waals surface area contributed by atoms with E-state index in [1.54, 1.807) is 6.92 Å². The van der Waals surface area contributed by atoms with Crippen LogP contribution >= 0.6 is 15.9 Å². The molecule has 1 N–H and O–H groups in total. The van der Waals surface area contributed by atoms with E-state index < -0.39 is 6.10 Å². The highest BCUT2D eigenvalue weighted by Gasteiger charge is 2.10. The molecule has 0 aromatic heterocycles. The van der Waals surface area contributed by atoms with E-state index >= 15 is 0 Å². The average molecular weight is 259 g/mol. The van der Waals surface area contributed by atoms with Gasteiger partial charge in [0.1, 0.15) is 5.75 Å². The van der Waals surface area contributed by atoms with Crippen molar-refractivity contribution in [2.24, 2.45) is 0 Å². The van der Waals surface area contributed by atoms with E-state index in [0.717, 1.165) is 15.8 Å². The first-order chi connectivity index (χ1) is 6.50. The molecule has 1 rings (SSSR count). The smallest absolute Gasteiger partial charge is 0.125 e. The summed E-state index contributed by atoms with van der Waals surface area (Å²) in [6.45, 7) is 5.66. The molecular formula is C11H15BrO2. The Morgan fingerprint density at radius 2 is 1.93 bits per heavy atom. The molecule has 0 saturated heterocycles. The summed E-state index contributed by atoms with van der Waals surface area (Å²) >= 11 is 3.36. The van der Waals surface area contributed by atoms with E-state index in [-0.39, 0.29) is 6.10 Å². The molecule has 1 aromatic rings. The first-order valence-electron chi connectivity index (χ1n) is 4.65. The van der Waals surface area contributed by atoms with Gasteiger partial charge in [0.05, 0.1) is 12.2 Å². The molecule has 0 amide bonds. The van der Waals surface area contributed by atoms with Crippen LogP contribution in [-0.2, 0) is 0 Å². The van der Waals surface area contributed by atoms with Gasteiger partial charge < -0.3 is 9.84 Å². The van der Waals surface area contributed by atoms with Gasteiger partial charge in [0.15, 0.2) is 0 Å². The third-order valence-electron chi connectivity index (χ3n) is 1.78. The lowest BCUT2D eigenvalue weighted by Gasteiger charge is -2.16. The predicted molar refractivity (Wildman–Crippen MR) is 60.5 cm³/mol. The van der Waals surface area contributed by atoms with Gasteiger partial charge in [-0.25, -0.2) is 0 Å². The first-order valence-corrected chi connectivity index (χ1v) is 5.44. The summed E-state index contributed by atoms with van der Waals surface area (Å²) in [4.78, 5) is 0. The maximum absolute atomic E-state index is 9.54. The van der Waals surface area contributed by atoms with Gasteiger partial charge in [0.2, 0.25) is 0 Å². The van der Waals surface area contributed by atoms with Crippen molar-refractivity contribution in [1.82, 2.24) is 0 Å². The molecule has 0 aliphatic heterocycles. The molecule has 1 unspecified atom stereocenters. The van der Waals surface area contributed by atoms with Crippen LogP contribution in [0, 0.1) is 0 Å². The molecule has 1 atom stereocenters. The van der Waals surface area contributed by atoms with Gasteiger partial charge in [-0.05, 0) is 39.0 Å². The number of ether oxygens (including phenoxy) is 1. The summed E-state index contributed by atoms with van der Waals surface area (Å²) in [5.74, 6) is 0.748. The number of hydrogen-bond donors (Lipinski definition) is 1. The number of benzene rings is 1. The summed E-state index contributed by atoms with van der Waals surface area (Å²) in [5.41, 5.74) is 0.813. The fourth-order valence-corrected chi connectivity index (χ4v) is 1.59. The van der Waals surface area contributed by atoms with Crippen molar-refractivity contribution in [2.75, 3.05) is 0 Å². The molecule has 0 saturated carbocycles. The van der Waals surface area contributed by atoms with Crippen LogP contribution in [0.3, 0.4) is 0 Å². The van der Waals surface area contributed by atoms with Gasteiger partial charge >= 0.3 is 0 Å². The van der Waals surface area contributed by atoms with Crippen LogP contribution in [0.4, 0.5) is 0 Å². The van der Waals surface area contributed by atoms with E-state index in [4.69, 9.17) is 4.74 Å². The van der Waals surface area contributed by atoms with Crippen LogP contribution in [0.1, 0.15) is 32.4 Å².